The number of nitrogens with one attached hydrogen (secondary N) is 1. The summed E-state index contributed by atoms with van der Waals surface area (Å²) in [7, 11) is 1.29. The average molecular weight is 289 g/mol. The Morgan fingerprint density at radius 2 is 2.19 bits per heavy atom. The van der Waals surface area contributed by atoms with Crippen LogP contribution >= 0.6 is 0 Å². The zero-order chi connectivity index (χ0) is 15.2. The first-order chi connectivity index (χ1) is 10.1. The minimum atomic E-state index is -0.525. The van der Waals surface area contributed by atoms with Gasteiger partial charge < -0.3 is 15.8 Å². The van der Waals surface area contributed by atoms with Crippen molar-refractivity contribution in [1.82, 2.24) is 4.98 Å². The molecule has 0 saturated heterocycles. The summed E-state index contributed by atoms with van der Waals surface area (Å²) >= 11 is 0. The van der Waals surface area contributed by atoms with Crippen LogP contribution in [0.3, 0.4) is 0 Å². The van der Waals surface area contributed by atoms with E-state index in [1.807, 2.05) is 0 Å². The fourth-order valence-electron chi connectivity index (χ4n) is 1.90. The van der Waals surface area contributed by atoms with Crippen LogP contribution in [0.15, 0.2) is 36.5 Å². The number of nitrogens with two attached hydrogens (primary N) is 1. The van der Waals surface area contributed by atoms with Gasteiger partial charge in [0, 0.05) is 6.54 Å². The molecule has 0 spiro atoms. The SMILES string of the molecule is COC(=O)c1cc(N)cnc1NCCc1ccccc1F. The van der Waals surface area contributed by atoms with E-state index in [1.54, 1.807) is 18.2 Å². The van der Waals surface area contributed by atoms with Gasteiger partial charge in [-0.05, 0) is 24.1 Å². The lowest BCUT2D eigenvalue weighted by Crippen LogP contribution is -2.13. The van der Waals surface area contributed by atoms with Gasteiger partial charge in [-0.2, -0.15) is 0 Å². The normalized spacial score (nSPS) is 10.2. The van der Waals surface area contributed by atoms with Gasteiger partial charge in [-0.15, -0.1) is 0 Å². The van der Waals surface area contributed by atoms with E-state index >= 15 is 0 Å². The van der Waals surface area contributed by atoms with Crippen molar-refractivity contribution >= 4 is 17.5 Å². The second-order valence-electron chi connectivity index (χ2n) is 4.42. The quantitative estimate of drug-likeness (QED) is 0.825. The van der Waals surface area contributed by atoms with Crippen LogP contribution in [0.5, 0.6) is 0 Å². The zero-order valence-electron chi connectivity index (χ0n) is 11.6. The maximum Gasteiger partial charge on any atom is 0.341 e. The Kier molecular flexibility index (Phi) is 4.71. The molecule has 0 aliphatic carbocycles. The number of methoxy groups -OCH3 is 1. The Morgan fingerprint density at radius 3 is 2.90 bits per heavy atom. The molecular weight excluding hydrogens is 273 g/mol. The predicted molar refractivity (Wildman–Crippen MR) is 78.6 cm³/mol. The second kappa shape index (κ2) is 6.69. The maximum absolute atomic E-state index is 13.5. The molecule has 0 bridgehead atoms. The number of hydrogen-bond donors (Lipinski definition) is 2. The molecule has 0 amide bonds. The van der Waals surface area contributed by atoms with Crippen LogP contribution in [0, 0.1) is 5.82 Å². The lowest BCUT2D eigenvalue weighted by Gasteiger charge is -2.10. The van der Waals surface area contributed by atoms with Crippen molar-refractivity contribution in [2.75, 3.05) is 24.7 Å². The number of hydrogen-bond acceptors (Lipinski definition) is 5. The van der Waals surface area contributed by atoms with Crippen molar-refractivity contribution in [3.8, 4) is 0 Å². The summed E-state index contributed by atoms with van der Waals surface area (Å²) in [5, 5.41) is 3.00. The molecule has 3 N–H and O–H groups in total. The van der Waals surface area contributed by atoms with Crippen molar-refractivity contribution in [2.24, 2.45) is 0 Å². The topological polar surface area (TPSA) is 77.2 Å². The van der Waals surface area contributed by atoms with E-state index in [0.717, 1.165) is 0 Å². The van der Waals surface area contributed by atoms with Crippen molar-refractivity contribution in [2.45, 2.75) is 6.42 Å². The van der Waals surface area contributed by atoms with Crippen LogP contribution in [0.25, 0.3) is 0 Å². The third kappa shape index (κ3) is 3.68. The number of aromatic nitrogens is 1. The molecule has 21 heavy (non-hydrogen) atoms. The molecule has 0 atom stereocenters. The van der Waals surface area contributed by atoms with Crippen LogP contribution in [-0.2, 0) is 11.2 Å². The number of ether oxygens (including phenoxy) is 1. The van der Waals surface area contributed by atoms with Crippen molar-refractivity contribution in [3.05, 3.63) is 53.5 Å². The lowest BCUT2D eigenvalue weighted by molar-refractivity contribution is 0.0601. The van der Waals surface area contributed by atoms with Crippen LogP contribution in [0.4, 0.5) is 15.9 Å². The summed E-state index contributed by atoms with van der Waals surface area (Å²) in [5.41, 5.74) is 6.84. The van der Waals surface area contributed by atoms with Crippen LogP contribution in [-0.4, -0.2) is 24.6 Å². The average Bonchev–Trinajstić information content (AvgIpc) is 2.49. The highest BCUT2D eigenvalue weighted by molar-refractivity contribution is 5.95. The van der Waals surface area contributed by atoms with E-state index in [2.05, 4.69) is 15.0 Å². The van der Waals surface area contributed by atoms with Gasteiger partial charge in [0.2, 0.25) is 0 Å². The van der Waals surface area contributed by atoms with Crippen LogP contribution in [0.1, 0.15) is 15.9 Å². The van der Waals surface area contributed by atoms with E-state index in [1.165, 1.54) is 25.4 Å². The molecule has 1 heterocycles. The first-order valence-corrected chi connectivity index (χ1v) is 6.43. The summed E-state index contributed by atoms with van der Waals surface area (Å²) in [6.45, 7) is 0.432. The number of nitrogens with zero attached hydrogens (tertiary/aromatic N) is 1. The van der Waals surface area contributed by atoms with Crippen molar-refractivity contribution in [1.29, 1.82) is 0 Å². The molecular formula is C15H16FN3O2. The van der Waals surface area contributed by atoms with Gasteiger partial charge >= 0.3 is 5.97 Å². The third-order valence-corrected chi connectivity index (χ3v) is 2.96. The number of carbonyl (C=O) groups excluding carboxylic acids is 1. The number of pyridine rings is 1. The molecule has 2 rings (SSSR count). The molecule has 0 aliphatic rings. The van der Waals surface area contributed by atoms with Gasteiger partial charge in [0.25, 0.3) is 0 Å². The summed E-state index contributed by atoms with van der Waals surface area (Å²) < 4.78 is 18.2. The van der Waals surface area contributed by atoms with E-state index in [4.69, 9.17) is 5.73 Å². The fraction of sp³-hybridized carbons (Fsp3) is 0.200. The minimum absolute atomic E-state index is 0.252. The first kappa shape index (κ1) is 14.8. The van der Waals surface area contributed by atoms with Crippen molar-refractivity contribution < 1.29 is 13.9 Å². The van der Waals surface area contributed by atoms with Gasteiger partial charge in [0.1, 0.15) is 17.2 Å². The standard InChI is InChI=1S/C15H16FN3O2/c1-21-15(20)12-8-11(17)9-19-14(12)18-7-6-10-4-2-3-5-13(10)16/h2-5,8-9H,6-7,17H2,1H3,(H,18,19). The number of esters is 1. The van der Waals surface area contributed by atoms with Gasteiger partial charge in [-0.1, -0.05) is 18.2 Å². The molecule has 0 fully saturated rings. The molecule has 0 aliphatic heterocycles. The Bertz CT molecular complexity index is 647. The largest absolute Gasteiger partial charge is 0.465 e. The highest BCUT2D eigenvalue weighted by Gasteiger charge is 2.13. The Morgan fingerprint density at radius 1 is 1.43 bits per heavy atom. The highest BCUT2D eigenvalue weighted by Crippen LogP contribution is 2.17. The molecule has 2 aromatic rings. The number of halogens is 1. The molecule has 5 nitrogen and oxygen atoms in total. The van der Waals surface area contributed by atoms with Gasteiger partial charge in [-0.25, -0.2) is 14.2 Å². The highest BCUT2D eigenvalue weighted by atomic mass is 19.1. The van der Waals surface area contributed by atoms with E-state index in [-0.39, 0.29) is 11.4 Å². The smallest absolute Gasteiger partial charge is 0.341 e. The summed E-state index contributed by atoms with van der Waals surface area (Å²) in [6, 6.07) is 8.04. The van der Waals surface area contributed by atoms with E-state index < -0.39 is 5.97 Å². The maximum atomic E-state index is 13.5. The number of rotatable bonds is 5. The summed E-state index contributed by atoms with van der Waals surface area (Å²) in [5.74, 6) is -0.409. The van der Waals surface area contributed by atoms with Gasteiger partial charge in [-0.3, -0.25) is 0 Å². The molecule has 110 valence electrons. The molecule has 1 aromatic carbocycles. The van der Waals surface area contributed by atoms with E-state index in [9.17, 15) is 9.18 Å². The Labute approximate surface area is 121 Å². The van der Waals surface area contributed by atoms with Gasteiger partial charge in [0.15, 0.2) is 0 Å². The van der Waals surface area contributed by atoms with E-state index in [0.29, 0.717) is 30.0 Å². The number of nitrogen functional groups attached to an aromatic ring is 1. The molecule has 6 heteroatoms. The minimum Gasteiger partial charge on any atom is -0.465 e. The van der Waals surface area contributed by atoms with Gasteiger partial charge in [0.05, 0.1) is 19.0 Å². The molecule has 0 radical (unpaired) electrons. The summed E-state index contributed by atoms with van der Waals surface area (Å²) in [6.07, 6.45) is 1.91. The predicted octanol–water partition coefficient (Wildman–Crippen LogP) is 2.24. The zero-order valence-corrected chi connectivity index (χ0v) is 11.6. The second-order valence-corrected chi connectivity index (χ2v) is 4.42. The Balaban J connectivity index is 2.07. The third-order valence-electron chi connectivity index (χ3n) is 2.96. The number of carbonyl (C=O) groups is 1. The monoisotopic (exact) mass is 289 g/mol. The number of benzene rings is 1. The van der Waals surface area contributed by atoms with Crippen LogP contribution in [0.2, 0.25) is 0 Å². The summed E-state index contributed by atoms with van der Waals surface area (Å²) in [4.78, 5) is 15.7. The molecule has 1 aromatic heterocycles. The van der Waals surface area contributed by atoms with Crippen LogP contribution < -0.4 is 11.1 Å². The molecule has 0 saturated carbocycles. The Hall–Kier alpha value is -2.63. The lowest BCUT2D eigenvalue weighted by atomic mass is 10.1. The first-order valence-electron chi connectivity index (χ1n) is 6.43. The molecule has 0 unspecified atom stereocenters. The van der Waals surface area contributed by atoms with Crippen molar-refractivity contribution in [3.63, 3.8) is 0 Å². The number of anilines is 2. The fourth-order valence-corrected chi connectivity index (χ4v) is 1.90.